The van der Waals surface area contributed by atoms with Gasteiger partial charge in [-0.15, -0.1) is 0 Å². The molecular formula is C18H28N2. The maximum absolute atomic E-state index is 3.77. The number of aryl methyl sites for hydroxylation is 1. The van der Waals surface area contributed by atoms with Gasteiger partial charge in [-0.2, -0.15) is 0 Å². The molecule has 3 rings (SSSR count). The van der Waals surface area contributed by atoms with E-state index in [0.29, 0.717) is 6.04 Å². The number of hydrogen-bond acceptors (Lipinski definition) is 2. The summed E-state index contributed by atoms with van der Waals surface area (Å²) in [6.07, 6.45) is 8.32. The summed E-state index contributed by atoms with van der Waals surface area (Å²) in [5, 5.41) is 3.77. The van der Waals surface area contributed by atoms with Crippen molar-refractivity contribution in [2.75, 3.05) is 24.5 Å². The average molecular weight is 272 g/mol. The van der Waals surface area contributed by atoms with Crippen LogP contribution in [0.3, 0.4) is 0 Å². The third-order valence-electron chi connectivity index (χ3n) is 5.13. The predicted molar refractivity (Wildman–Crippen MR) is 86.4 cm³/mol. The molecule has 1 saturated heterocycles. The van der Waals surface area contributed by atoms with Gasteiger partial charge in [0.25, 0.3) is 0 Å². The van der Waals surface area contributed by atoms with Crippen molar-refractivity contribution in [2.45, 2.75) is 51.5 Å². The van der Waals surface area contributed by atoms with Gasteiger partial charge >= 0.3 is 0 Å². The summed E-state index contributed by atoms with van der Waals surface area (Å²) in [4.78, 5) is 2.58. The number of nitrogens with zero attached hydrogens (tertiary/aromatic N) is 1. The van der Waals surface area contributed by atoms with E-state index >= 15 is 0 Å². The smallest absolute Gasteiger partial charge is 0.0367 e. The lowest BCUT2D eigenvalue weighted by Crippen LogP contribution is -2.54. The van der Waals surface area contributed by atoms with Gasteiger partial charge in [0.05, 0.1) is 0 Å². The summed E-state index contributed by atoms with van der Waals surface area (Å²) in [6, 6.07) is 9.89. The number of piperazine rings is 1. The van der Waals surface area contributed by atoms with Crippen LogP contribution in [-0.4, -0.2) is 25.7 Å². The van der Waals surface area contributed by atoms with Crippen molar-refractivity contribution in [1.82, 2.24) is 5.32 Å². The first-order valence-electron chi connectivity index (χ1n) is 8.44. The Balaban J connectivity index is 1.64. The molecule has 1 N–H and O–H groups in total. The molecule has 1 aromatic rings. The summed E-state index contributed by atoms with van der Waals surface area (Å²) in [5.41, 5.74) is 2.84. The van der Waals surface area contributed by atoms with E-state index in [1.165, 1.54) is 49.9 Å². The van der Waals surface area contributed by atoms with Gasteiger partial charge in [-0.3, -0.25) is 0 Å². The molecule has 1 aliphatic carbocycles. The number of hydrogen-bond donors (Lipinski definition) is 1. The van der Waals surface area contributed by atoms with Crippen molar-refractivity contribution < 1.29 is 0 Å². The Kier molecular flexibility index (Phi) is 4.62. The predicted octanol–water partition coefficient (Wildman–Crippen LogP) is 3.61. The van der Waals surface area contributed by atoms with Crippen LogP contribution in [0.15, 0.2) is 24.3 Å². The second-order valence-corrected chi connectivity index (χ2v) is 6.42. The number of benzene rings is 1. The number of rotatable bonds is 3. The quantitative estimate of drug-likeness (QED) is 0.904. The molecule has 0 spiro atoms. The third kappa shape index (κ3) is 3.17. The highest BCUT2D eigenvalue weighted by Gasteiger charge is 2.27. The van der Waals surface area contributed by atoms with Crippen LogP contribution in [0.5, 0.6) is 0 Å². The molecule has 2 heteroatoms. The fourth-order valence-corrected chi connectivity index (χ4v) is 3.81. The molecule has 1 atom stereocenters. The van der Waals surface area contributed by atoms with Gasteiger partial charge in [-0.25, -0.2) is 0 Å². The molecule has 2 aliphatic rings. The Morgan fingerprint density at radius 3 is 2.55 bits per heavy atom. The highest BCUT2D eigenvalue weighted by molar-refractivity contribution is 5.48. The van der Waals surface area contributed by atoms with E-state index in [9.17, 15) is 0 Å². The van der Waals surface area contributed by atoms with E-state index in [1.54, 1.807) is 0 Å². The Hall–Kier alpha value is -1.02. The second-order valence-electron chi connectivity index (χ2n) is 6.42. The normalized spacial score (nSPS) is 24.9. The lowest BCUT2D eigenvalue weighted by atomic mass is 9.83. The van der Waals surface area contributed by atoms with Gasteiger partial charge in [-0.05, 0) is 42.9 Å². The minimum atomic E-state index is 0.704. The summed E-state index contributed by atoms with van der Waals surface area (Å²) in [7, 11) is 0. The summed E-state index contributed by atoms with van der Waals surface area (Å²) >= 11 is 0. The Morgan fingerprint density at radius 2 is 1.85 bits per heavy atom. The highest BCUT2D eigenvalue weighted by atomic mass is 15.2. The molecular weight excluding hydrogens is 244 g/mol. The van der Waals surface area contributed by atoms with E-state index in [4.69, 9.17) is 0 Å². The van der Waals surface area contributed by atoms with Crippen molar-refractivity contribution in [3.8, 4) is 0 Å². The summed E-state index contributed by atoms with van der Waals surface area (Å²) in [5.74, 6) is 0.904. The van der Waals surface area contributed by atoms with Crippen LogP contribution in [0.25, 0.3) is 0 Å². The fraction of sp³-hybridized carbons (Fsp3) is 0.667. The maximum Gasteiger partial charge on any atom is 0.0367 e. The lowest BCUT2D eigenvalue weighted by Gasteiger charge is -2.40. The van der Waals surface area contributed by atoms with Crippen molar-refractivity contribution in [2.24, 2.45) is 5.92 Å². The van der Waals surface area contributed by atoms with E-state index in [1.807, 2.05) is 0 Å². The largest absolute Gasteiger partial charge is 0.369 e. The first-order valence-corrected chi connectivity index (χ1v) is 8.44. The zero-order chi connectivity index (χ0) is 13.8. The lowest BCUT2D eigenvalue weighted by molar-refractivity contribution is 0.257. The molecule has 0 aromatic heterocycles. The van der Waals surface area contributed by atoms with Gasteiger partial charge in [0.2, 0.25) is 0 Å². The zero-order valence-electron chi connectivity index (χ0n) is 12.8. The Labute approximate surface area is 123 Å². The highest BCUT2D eigenvalue weighted by Crippen LogP contribution is 2.28. The third-order valence-corrected chi connectivity index (χ3v) is 5.13. The van der Waals surface area contributed by atoms with Crippen molar-refractivity contribution in [1.29, 1.82) is 0 Å². The first kappa shape index (κ1) is 13.9. The molecule has 1 unspecified atom stereocenters. The van der Waals surface area contributed by atoms with Crippen LogP contribution in [0.4, 0.5) is 5.69 Å². The Bertz CT molecular complexity index is 406. The SMILES string of the molecule is CCc1ccc(N2CCNC(C3CCCCC3)C2)cc1. The average Bonchev–Trinajstić information content (AvgIpc) is 2.56. The van der Waals surface area contributed by atoms with Crippen molar-refractivity contribution in [3.05, 3.63) is 29.8 Å². The molecule has 110 valence electrons. The van der Waals surface area contributed by atoms with E-state index in [2.05, 4.69) is 41.4 Å². The zero-order valence-corrected chi connectivity index (χ0v) is 12.8. The van der Waals surface area contributed by atoms with E-state index in [-0.39, 0.29) is 0 Å². The standard InChI is InChI=1S/C18H28N2/c1-2-15-8-10-17(11-9-15)20-13-12-19-18(14-20)16-6-4-3-5-7-16/h8-11,16,18-19H,2-7,12-14H2,1H3. The van der Waals surface area contributed by atoms with Gasteiger partial charge < -0.3 is 10.2 Å². The first-order chi connectivity index (χ1) is 9.86. The number of anilines is 1. The van der Waals surface area contributed by atoms with Crippen molar-refractivity contribution >= 4 is 5.69 Å². The van der Waals surface area contributed by atoms with Crippen LogP contribution >= 0.6 is 0 Å². The molecule has 0 radical (unpaired) electrons. The van der Waals surface area contributed by atoms with E-state index in [0.717, 1.165) is 25.4 Å². The van der Waals surface area contributed by atoms with Crippen molar-refractivity contribution in [3.63, 3.8) is 0 Å². The molecule has 20 heavy (non-hydrogen) atoms. The topological polar surface area (TPSA) is 15.3 Å². The van der Waals surface area contributed by atoms with E-state index < -0.39 is 0 Å². The molecule has 1 aromatic carbocycles. The molecule has 2 fully saturated rings. The van der Waals surface area contributed by atoms with Crippen LogP contribution in [0.1, 0.15) is 44.6 Å². The van der Waals surface area contributed by atoms with Crippen LogP contribution < -0.4 is 10.2 Å². The summed E-state index contributed by atoms with van der Waals surface area (Å²) in [6.45, 7) is 5.69. The van der Waals surface area contributed by atoms with Crippen LogP contribution in [0.2, 0.25) is 0 Å². The van der Waals surface area contributed by atoms with Crippen LogP contribution in [-0.2, 0) is 6.42 Å². The minimum absolute atomic E-state index is 0.704. The number of nitrogens with one attached hydrogen (secondary N) is 1. The molecule has 0 bridgehead atoms. The fourth-order valence-electron chi connectivity index (χ4n) is 3.81. The van der Waals surface area contributed by atoms with Gasteiger partial charge in [0.15, 0.2) is 0 Å². The summed E-state index contributed by atoms with van der Waals surface area (Å²) < 4.78 is 0. The molecule has 0 amide bonds. The van der Waals surface area contributed by atoms with Gasteiger partial charge in [0.1, 0.15) is 0 Å². The Morgan fingerprint density at radius 1 is 1.10 bits per heavy atom. The minimum Gasteiger partial charge on any atom is -0.369 e. The van der Waals surface area contributed by atoms with Gasteiger partial charge in [-0.1, -0.05) is 38.3 Å². The molecule has 1 saturated carbocycles. The maximum atomic E-state index is 3.77. The molecule has 1 heterocycles. The molecule has 2 nitrogen and oxygen atoms in total. The van der Waals surface area contributed by atoms with Crippen LogP contribution in [0, 0.1) is 5.92 Å². The molecule has 1 aliphatic heterocycles. The monoisotopic (exact) mass is 272 g/mol. The van der Waals surface area contributed by atoms with Gasteiger partial charge in [0, 0.05) is 31.4 Å². The second kappa shape index (κ2) is 6.62.